The highest BCUT2D eigenvalue weighted by Crippen LogP contribution is 2.53. The monoisotopic (exact) mass is 502 g/mol. The van der Waals surface area contributed by atoms with Crippen LogP contribution in [0.4, 0.5) is 5.69 Å². The van der Waals surface area contributed by atoms with Crippen LogP contribution in [0.3, 0.4) is 0 Å². The maximum atomic E-state index is 12.6. The average molecular weight is 503 g/mol. The second kappa shape index (κ2) is 9.21. The fourth-order valence-corrected chi connectivity index (χ4v) is 5.48. The van der Waals surface area contributed by atoms with Gasteiger partial charge >= 0.3 is 0 Å². The van der Waals surface area contributed by atoms with Gasteiger partial charge in [-0.25, -0.2) is 0 Å². The highest BCUT2D eigenvalue weighted by atomic mass is 35.5. The number of benzene rings is 3. The summed E-state index contributed by atoms with van der Waals surface area (Å²) in [7, 11) is 0. The molecule has 1 atom stereocenters. The normalized spacial score (nSPS) is 19.8. The van der Waals surface area contributed by atoms with Gasteiger partial charge in [0.1, 0.15) is 12.3 Å². The maximum Gasteiger partial charge on any atom is 0.241 e. The molecule has 3 aromatic rings. The Morgan fingerprint density at radius 2 is 1.86 bits per heavy atom. The highest BCUT2D eigenvalue weighted by molar-refractivity contribution is 6.31. The number of amides is 1. The molecule has 0 saturated carbocycles. The predicted molar refractivity (Wildman–Crippen MR) is 145 cm³/mol. The van der Waals surface area contributed by atoms with Crippen molar-refractivity contribution in [2.24, 2.45) is 0 Å². The molecule has 6 heteroatoms. The summed E-state index contributed by atoms with van der Waals surface area (Å²) in [6.07, 6.45) is 4.17. The highest BCUT2D eigenvalue weighted by Gasteiger charge is 2.59. The zero-order valence-electron chi connectivity index (χ0n) is 21.1. The molecule has 0 aromatic heterocycles. The van der Waals surface area contributed by atoms with E-state index in [-0.39, 0.29) is 11.3 Å². The third-order valence-electron chi connectivity index (χ3n) is 7.25. The number of hydrogen-bond donors (Lipinski definition) is 1. The molecule has 1 amide bonds. The van der Waals surface area contributed by atoms with Gasteiger partial charge in [-0.15, -0.1) is 0 Å². The van der Waals surface area contributed by atoms with Gasteiger partial charge in [0.25, 0.3) is 0 Å². The lowest BCUT2D eigenvalue weighted by molar-refractivity contribution is -0.118. The van der Waals surface area contributed by atoms with Crippen molar-refractivity contribution in [2.45, 2.75) is 45.4 Å². The first-order valence-electron chi connectivity index (χ1n) is 12.3. The molecule has 1 fully saturated rings. The lowest BCUT2D eigenvalue weighted by atomic mass is 9.75. The number of fused-ring (bicyclic) bond motifs is 3. The number of aryl methyl sites for hydroxylation is 1. The second-order valence-electron chi connectivity index (χ2n) is 9.90. The molecule has 2 aliphatic heterocycles. The smallest absolute Gasteiger partial charge is 0.241 e. The number of nitrogens with zero attached hydrogens (tertiary/aromatic N) is 1. The van der Waals surface area contributed by atoms with Crippen molar-refractivity contribution in [3.05, 3.63) is 94.0 Å². The first-order valence-corrected chi connectivity index (χ1v) is 12.6. The predicted octanol–water partition coefficient (Wildman–Crippen LogP) is 6.26. The van der Waals surface area contributed by atoms with E-state index in [0.29, 0.717) is 36.3 Å². The molecule has 1 N–H and O–H groups in total. The van der Waals surface area contributed by atoms with E-state index in [2.05, 4.69) is 61.3 Å². The summed E-state index contributed by atoms with van der Waals surface area (Å²) in [5.41, 5.74) is 4.46. The number of halogens is 1. The maximum absolute atomic E-state index is 12.6. The first-order chi connectivity index (χ1) is 17.2. The number of carbonyl (C=O) groups is 1. The van der Waals surface area contributed by atoms with Gasteiger partial charge in [-0.3, -0.25) is 4.79 Å². The van der Waals surface area contributed by atoms with Crippen molar-refractivity contribution in [3.63, 3.8) is 0 Å². The molecule has 0 spiro atoms. The number of ether oxygens (including phenoxy) is 2. The number of hydrogen-bond acceptors (Lipinski definition) is 4. The van der Waals surface area contributed by atoms with E-state index in [0.717, 1.165) is 16.8 Å². The second-order valence-corrected chi connectivity index (χ2v) is 10.3. The molecule has 2 heterocycles. The fraction of sp³-hybridized carbons (Fsp3) is 0.300. The Bertz CT molecular complexity index is 1350. The Hall–Kier alpha value is -3.44. The van der Waals surface area contributed by atoms with E-state index < -0.39 is 5.66 Å². The fourth-order valence-electron chi connectivity index (χ4n) is 5.29. The van der Waals surface area contributed by atoms with Crippen molar-refractivity contribution in [1.29, 1.82) is 0 Å². The minimum absolute atomic E-state index is 0.0253. The van der Waals surface area contributed by atoms with E-state index in [4.69, 9.17) is 21.1 Å². The Morgan fingerprint density at radius 1 is 1.06 bits per heavy atom. The van der Waals surface area contributed by atoms with Crippen LogP contribution in [-0.2, 0) is 16.8 Å². The minimum Gasteiger partial charge on any atom is -0.490 e. The molecule has 0 bridgehead atoms. The molecule has 36 heavy (non-hydrogen) atoms. The molecule has 5 rings (SSSR count). The van der Waals surface area contributed by atoms with Crippen molar-refractivity contribution >= 4 is 29.3 Å². The summed E-state index contributed by atoms with van der Waals surface area (Å²) >= 11 is 6.28. The van der Waals surface area contributed by atoms with Crippen LogP contribution in [0.5, 0.6) is 11.5 Å². The van der Waals surface area contributed by atoms with Crippen LogP contribution in [-0.4, -0.2) is 24.7 Å². The van der Waals surface area contributed by atoms with Crippen LogP contribution in [0, 0.1) is 6.92 Å². The van der Waals surface area contributed by atoms with Crippen LogP contribution < -0.4 is 19.7 Å². The van der Waals surface area contributed by atoms with Crippen LogP contribution in [0.25, 0.3) is 6.08 Å². The van der Waals surface area contributed by atoms with Gasteiger partial charge in [-0.2, -0.15) is 0 Å². The topological polar surface area (TPSA) is 50.8 Å². The van der Waals surface area contributed by atoms with E-state index in [1.54, 1.807) is 0 Å². The van der Waals surface area contributed by atoms with Gasteiger partial charge in [0, 0.05) is 21.7 Å². The van der Waals surface area contributed by atoms with Gasteiger partial charge in [-0.1, -0.05) is 73.5 Å². The lowest BCUT2D eigenvalue weighted by Crippen LogP contribution is -2.58. The third-order valence-corrected chi connectivity index (χ3v) is 7.62. The summed E-state index contributed by atoms with van der Waals surface area (Å²) in [5.74, 6) is 1.35. The molecule has 0 radical (unpaired) electrons. The van der Waals surface area contributed by atoms with Crippen LogP contribution in [0.15, 0.2) is 66.7 Å². The van der Waals surface area contributed by atoms with Gasteiger partial charge in [-0.05, 0) is 55.3 Å². The average Bonchev–Trinajstić information content (AvgIpc) is 3.27. The van der Waals surface area contributed by atoms with Gasteiger partial charge in [0.05, 0.1) is 13.2 Å². The van der Waals surface area contributed by atoms with Gasteiger partial charge in [0.15, 0.2) is 11.5 Å². The molecule has 1 unspecified atom stereocenters. The van der Waals surface area contributed by atoms with E-state index in [1.807, 2.05) is 49.4 Å². The zero-order chi connectivity index (χ0) is 25.5. The summed E-state index contributed by atoms with van der Waals surface area (Å²) in [6, 6.07) is 20.0. The van der Waals surface area contributed by atoms with Crippen molar-refractivity contribution in [1.82, 2.24) is 5.32 Å². The summed E-state index contributed by atoms with van der Waals surface area (Å²) in [6.45, 7) is 9.65. The molecular weight excluding hydrogens is 472 g/mol. The third kappa shape index (κ3) is 4.01. The van der Waals surface area contributed by atoms with E-state index >= 15 is 0 Å². The molecule has 0 aliphatic carbocycles. The van der Waals surface area contributed by atoms with Crippen molar-refractivity contribution in [3.8, 4) is 11.5 Å². The van der Waals surface area contributed by atoms with E-state index in [1.165, 1.54) is 11.1 Å². The largest absolute Gasteiger partial charge is 0.490 e. The summed E-state index contributed by atoms with van der Waals surface area (Å²) in [4.78, 5) is 14.8. The number of nitrogens with one attached hydrogen (secondary N) is 1. The Morgan fingerprint density at radius 3 is 2.64 bits per heavy atom. The number of carbonyl (C=O) groups excluding carboxylic acids is 1. The summed E-state index contributed by atoms with van der Waals surface area (Å²) < 4.78 is 12.0. The Balaban J connectivity index is 1.45. The molecule has 3 aromatic carbocycles. The van der Waals surface area contributed by atoms with Crippen molar-refractivity contribution < 1.29 is 14.3 Å². The molecule has 186 valence electrons. The zero-order valence-corrected chi connectivity index (χ0v) is 21.9. The molecule has 2 aliphatic rings. The van der Waals surface area contributed by atoms with Crippen LogP contribution in [0.1, 0.15) is 43.0 Å². The lowest BCUT2D eigenvalue weighted by Gasteiger charge is -2.40. The van der Waals surface area contributed by atoms with Crippen molar-refractivity contribution in [2.75, 3.05) is 18.1 Å². The van der Waals surface area contributed by atoms with Crippen LogP contribution >= 0.6 is 11.6 Å². The minimum atomic E-state index is -0.648. The standard InChI is InChI=1S/C30H31ClN2O3/c1-5-35-27-17-21(11-13-26(27)36-19-22-8-6-7-9-24(22)31)14-15-30-29(3,4)23-16-20(2)10-12-25(23)33(30)18-28(34)32-30/h6-17H,5,18-19H2,1-4H3,(H,32,34). The summed E-state index contributed by atoms with van der Waals surface area (Å²) in [5, 5.41) is 3.96. The SMILES string of the molecule is CCOc1cc(C=CC23NC(=O)CN2c2ccc(C)cc2C3(C)C)ccc1OCc1ccccc1Cl. The molecule has 1 saturated heterocycles. The first kappa shape index (κ1) is 24.3. The number of anilines is 1. The number of rotatable bonds is 7. The van der Waals surface area contributed by atoms with E-state index in [9.17, 15) is 4.79 Å². The van der Waals surface area contributed by atoms with Gasteiger partial charge in [0.2, 0.25) is 5.91 Å². The Labute approximate surface area is 217 Å². The molecule has 5 nitrogen and oxygen atoms in total. The quantitative estimate of drug-likeness (QED) is 0.414. The Kier molecular flexibility index (Phi) is 6.21. The van der Waals surface area contributed by atoms with Crippen LogP contribution in [0.2, 0.25) is 5.02 Å². The molecular formula is C30H31ClN2O3. The van der Waals surface area contributed by atoms with Gasteiger partial charge < -0.3 is 19.7 Å².